The van der Waals surface area contributed by atoms with Crippen molar-refractivity contribution in [2.45, 2.75) is 19.9 Å². The monoisotopic (exact) mass is 418 g/mol. The molecule has 150 valence electrons. The molecule has 4 rings (SSSR count). The minimum Gasteiger partial charge on any atom is -0.507 e. The number of anilines is 1. The zero-order valence-corrected chi connectivity index (χ0v) is 17.2. The summed E-state index contributed by atoms with van der Waals surface area (Å²) in [6, 6.07) is 15.0. The fourth-order valence-electron chi connectivity index (χ4n) is 3.72. The molecule has 0 bridgehead atoms. The number of nitrogens with zero attached hydrogens (tertiary/aromatic N) is 2. The van der Waals surface area contributed by atoms with Gasteiger partial charge in [0.15, 0.2) is 0 Å². The van der Waals surface area contributed by atoms with Gasteiger partial charge in [-0.25, -0.2) is 0 Å². The number of benzene rings is 2. The average molecular weight is 419 g/mol. The number of halogens is 1. The maximum Gasteiger partial charge on any atom is 0.300 e. The Hall–Kier alpha value is -3.44. The van der Waals surface area contributed by atoms with Gasteiger partial charge in [-0.1, -0.05) is 35.4 Å². The number of aryl methyl sites for hydroxylation is 2. The van der Waals surface area contributed by atoms with Crippen molar-refractivity contribution < 1.29 is 14.7 Å². The van der Waals surface area contributed by atoms with E-state index in [0.717, 1.165) is 11.1 Å². The van der Waals surface area contributed by atoms with E-state index in [1.165, 1.54) is 4.90 Å². The number of carbonyl (C=O) groups is 2. The van der Waals surface area contributed by atoms with Gasteiger partial charge in [-0.2, -0.15) is 0 Å². The van der Waals surface area contributed by atoms with E-state index >= 15 is 0 Å². The molecule has 1 aliphatic rings. The number of hydrogen-bond acceptors (Lipinski definition) is 4. The Kier molecular flexibility index (Phi) is 5.14. The summed E-state index contributed by atoms with van der Waals surface area (Å²) in [5, 5.41) is 11.6. The minimum atomic E-state index is -0.800. The number of rotatable bonds is 3. The molecular weight excluding hydrogens is 400 g/mol. The maximum atomic E-state index is 13.1. The first-order valence-electron chi connectivity index (χ1n) is 9.42. The van der Waals surface area contributed by atoms with Crippen LogP contribution < -0.4 is 4.90 Å². The van der Waals surface area contributed by atoms with Crippen LogP contribution in [0.4, 0.5) is 5.69 Å². The smallest absolute Gasteiger partial charge is 0.300 e. The summed E-state index contributed by atoms with van der Waals surface area (Å²) in [5.41, 5.74) is 3.45. The lowest BCUT2D eigenvalue weighted by Gasteiger charge is -2.25. The Balaban J connectivity index is 1.98. The van der Waals surface area contributed by atoms with Crippen LogP contribution in [0.5, 0.6) is 0 Å². The maximum absolute atomic E-state index is 13.1. The van der Waals surface area contributed by atoms with Gasteiger partial charge in [0, 0.05) is 28.7 Å². The predicted octanol–water partition coefficient (Wildman–Crippen LogP) is 4.98. The zero-order chi connectivity index (χ0) is 21.4. The van der Waals surface area contributed by atoms with Crippen LogP contribution in [-0.4, -0.2) is 21.8 Å². The van der Waals surface area contributed by atoms with E-state index in [9.17, 15) is 14.7 Å². The number of aromatic nitrogens is 1. The lowest BCUT2D eigenvalue weighted by Crippen LogP contribution is -2.29. The van der Waals surface area contributed by atoms with Gasteiger partial charge < -0.3 is 5.11 Å². The van der Waals surface area contributed by atoms with E-state index < -0.39 is 17.7 Å². The first-order chi connectivity index (χ1) is 14.4. The van der Waals surface area contributed by atoms with E-state index in [2.05, 4.69) is 4.98 Å². The number of carbonyl (C=O) groups excluding carboxylic acids is 2. The van der Waals surface area contributed by atoms with Crippen molar-refractivity contribution in [3.05, 3.63) is 99.8 Å². The number of aliphatic hydroxyl groups is 1. The van der Waals surface area contributed by atoms with Gasteiger partial charge in [0.1, 0.15) is 5.76 Å². The number of amides is 1. The Morgan fingerprint density at radius 3 is 2.47 bits per heavy atom. The van der Waals surface area contributed by atoms with Crippen molar-refractivity contribution >= 4 is 34.7 Å². The van der Waals surface area contributed by atoms with Crippen LogP contribution >= 0.6 is 11.6 Å². The van der Waals surface area contributed by atoms with Crippen molar-refractivity contribution in [1.29, 1.82) is 0 Å². The topological polar surface area (TPSA) is 70.5 Å². The second-order valence-electron chi connectivity index (χ2n) is 7.25. The predicted molar refractivity (Wildman–Crippen MR) is 116 cm³/mol. The molecule has 1 aliphatic heterocycles. The molecular formula is C24H19ClN2O3. The molecule has 6 heteroatoms. The Morgan fingerprint density at radius 1 is 1.03 bits per heavy atom. The highest BCUT2D eigenvalue weighted by Crippen LogP contribution is 2.42. The van der Waals surface area contributed by atoms with Gasteiger partial charge >= 0.3 is 0 Å². The van der Waals surface area contributed by atoms with Crippen LogP contribution in [0.1, 0.15) is 28.3 Å². The number of hydrogen-bond donors (Lipinski definition) is 1. The average Bonchev–Trinajstić information content (AvgIpc) is 3.01. The summed E-state index contributed by atoms with van der Waals surface area (Å²) in [4.78, 5) is 31.6. The van der Waals surface area contributed by atoms with Crippen LogP contribution in [0.25, 0.3) is 5.76 Å². The first kappa shape index (κ1) is 19.9. The SMILES string of the molecule is Cc1ccc(C)c(/C(O)=C2\C(=O)C(=O)N(c3cccc(Cl)c3)C2c2ccncc2)c1. The van der Waals surface area contributed by atoms with E-state index in [1.807, 2.05) is 26.0 Å². The second kappa shape index (κ2) is 7.76. The zero-order valence-electron chi connectivity index (χ0n) is 16.5. The molecule has 1 fully saturated rings. The third kappa shape index (κ3) is 3.37. The lowest BCUT2D eigenvalue weighted by atomic mass is 9.93. The highest BCUT2D eigenvalue weighted by Gasteiger charge is 2.47. The van der Waals surface area contributed by atoms with E-state index in [4.69, 9.17) is 11.6 Å². The molecule has 0 saturated carbocycles. The summed E-state index contributed by atoms with van der Waals surface area (Å²) in [5.74, 6) is -1.65. The summed E-state index contributed by atoms with van der Waals surface area (Å²) < 4.78 is 0. The normalized spacial score (nSPS) is 18.1. The molecule has 1 aromatic heterocycles. The summed E-state index contributed by atoms with van der Waals surface area (Å²) in [7, 11) is 0. The number of aliphatic hydroxyl groups excluding tert-OH is 1. The van der Waals surface area contributed by atoms with E-state index in [0.29, 0.717) is 21.8 Å². The third-order valence-electron chi connectivity index (χ3n) is 5.20. The Labute approximate surface area is 179 Å². The van der Waals surface area contributed by atoms with Crippen molar-refractivity contribution in [3.8, 4) is 0 Å². The summed E-state index contributed by atoms with van der Waals surface area (Å²) in [6.07, 6.45) is 3.18. The van der Waals surface area contributed by atoms with Crippen molar-refractivity contribution in [3.63, 3.8) is 0 Å². The van der Waals surface area contributed by atoms with Gasteiger partial charge in [-0.15, -0.1) is 0 Å². The number of ketones is 1. The highest BCUT2D eigenvalue weighted by atomic mass is 35.5. The fourth-order valence-corrected chi connectivity index (χ4v) is 3.91. The summed E-state index contributed by atoms with van der Waals surface area (Å²) >= 11 is 6.14. The largest absolute Gasteiger partial charge is 0.507 e. The van der Waals surface area contributed by atoms with Gasteiger partial charge in [-0.05, 0) is 61.4 Å². The van der Waals surface area contributed by atoms with Gasteiger partial charge in [0.05, 0.1) is 11.6 Å². The Morgan fingerprint density at radius 2 is 1.77 bits per heavy atom. The number of Topliss-reactive ketones (excluding diaryl/α,β-unsaturated/α-hetero) is 1. The van der Waals surface area contributed by atoms with E-state index in [-0.39, 0.29) is 11.3 Å². The molecule has 1 N–H and O–H groups in total. The molecule has 3 aromatic rings. The third-order valence-corrected chi connectivity index (χ3v) is 5.44. The standard InChI is InChI=1S/C24H19ClN2O3/c1-14-6-7-15(2)19(12-14)22(28)20-21(16-8-10-26-11-9-16)27(24(30)23(20)29)18-5-3-4-17(25)13-18/h3-13,21,28H,1-2H3/b22-20+. The van der Waals surface area contributed by atoms with Gasteiger partial charge in [0.2, 0.25) is 0 Å². The molecule has 0 spiro atoms. The van der Waals surface area contributed by atoms with Crippen molar-refractivity contribution in [1.82, 2.24) is 4.98 Å². The van der Waals surface area contributed by atoms with E-state index in [1.54, 1.807) is 54.9 Å². The van der Waals surface area contributed by atoms with Crippen LogP contribution in [0, 0.1) is 13.8 Å². The second-order valence-corrected chi connectivity index (χ2v) is 7.68. The number of pyridine rings is 1. The highest BCUT2D eigenvalue weighted by molar-refractivity contribution is 6.51. The molecule has 30 heavy (non-hydrogen) atoms. The molecule has 2 heterocycles. The van der Waals surface area contributed by atoms with Crippen LogP contribution in [-0.2, 0) is 9.59 Å². The molecule has 0 aliphatic carbocycles. The molecule has 0 radical (unpaired) electrons. The first-order valence-corrected chi connectivity index (χ1v) is 9.80. The van der Waals surface area contributed by atoms with Crippen molar-refractivity contribution in [2.75, 3.05) is 4.90 Å². The molecule has 2 aromatic carbocycles. The quantitative estimate of drug-likeness (QED) is 0.370. The molecule has 1 amide bonds. The molecule has 1 atom stereocenters. The molecule has 1 saturated heterocycles. The lowest BCUT2D eigenvalue weighted by molar-refractivity contribution is -0.132. The molecule has 1 unspecified atom stereocenters. The van der Waals surface area contributed by atoms with Crippen LogP contribution in [0.3, 0.4) is 0 Å². The van der Waals surface area contributed by atoms with Gasteiger partial charge in [-0.3, -0.25) is 19.5 Å². The Bertz CT molecular complexity index is 1190. The minimum absolute atomic E-state index is 0.0416. The van der Waals surface area contributed by atoms with Crippen LogP contribution in [0.2, 0.25) is 5.02 Å². The molecule has 5 nitrogen and oxygen atoms in total. The summed E-state index contributed by atoms with van der Waals surface area (Å²) in [6.45, 7) is 3.75. The van der Waals surface area contributed by atoms with Crippen molar-refractivity contribution in [2.24, 2.45) is 0 Å². The van der Waals surface area contributed by atoms with Crippen LogP contribution in [0.15, 0.2) is 72.6 Å². The fraction of sp³-hybridized carbons (Fsp3) is 0.125. The van der Waals surface area contributed by atoms with Gasteiger partial charge in [0.25, 0.3) is 11.7 Å².